The number of rotatable bonds is 7. The van der Waals surface area contributed by atoms with Crippen LogP contribution in [0.3, 0.4) is 0 Å². The maximum Gasteiger partial charge on any atom is 0.269 e. The summed E-state index contributed by atoms with van der Waals surface area (Å²) < 4.78 is 2.15. The van der Waals surface area contributed by atoms with Gasteiger partial charge in [0, 0.05) is 42.2 Å². The van der Waals surface area contributed by atoms with E-state index >= 15 is 0 Å². The molecule has 0 saturated carbocycles. The smallest absolute Gasteiger partial charge is 0.269 e. The van der Waals surface area contributed by atoms with Gasteiger partial charge in [0.25, 0.3) is 11.6 Å². The van der Waals surface area contributed by atoms with Crippen molar-refractivity contribution in [3.63, 3.8) is 0 Å². The van der Waals surface area contributed by atoms with Crippen LogP contribution in [0.15, 0.2) is 66.9 Å². The van der Waals surface area contributed by atoms with Crippen LogP contribution >= 0.6 is 0 Å². The fourth-order valence-electron chi connectivity index (χ4n) is 3.31. The molecule has 0 unspecified atom stereocenters. The minimum absolute atomic E-state index is 0.0139. The van der Waals surface area contributed by atoms with Crippen molar-refractivity contribution in [2.75, 3.05) is 0 Å². The van der Waals surface area contributed by atoms with E-state index < -0.39 is 4.92 Å². The van der Waals surface area contributed by atoms with E-state index in [9.17, 15) is 14.9 Å². The molecule has 6 heteroatoms. The van der Waals surface area contributed by atoms with E-state index in [-0.39, 0.29) is 17.6 Å². The zero-order chi connectivity index (χ0) is 21.0. The molecule has 0 aliphatic rings. The number of benzene rings is 2. The zero-order valence-corrected chi connectivity index (χ0v) is 16.9. The summed E-state index contributed by atoms with van der Waals surface area (Å²) >= 11 is 0. The van der Waals surface area contributed by atoms with Gasteiger partial charge >= 0.3 is 0 Å². The molecule has 6 nitrogen and oxygen atoms in total. The first-order valence-electron chi connectivity index (χ1n) is 9.60. The van der Waals surface area contributed by atoms with Gasteiger partial charge in [-0.15, -0.1) is 0 Å². The molecule has 0 saturated heterocycles. The highest BCUT2D eigenvalue weighted by Gasteiger charge is 2.21. The maximum absolute atomic E-state index is 13.1. The number of nitro benzene ring substituents is 1. The van der Waals surface area contributed by atoms with Crippen LogP contribution in [0.5, 0.6) is 0 Å². The molecule has 2 aromatic carbocycles. The minimum atomic E-state index is -0.466. The highest BCUT2D eigenvalue weighted by atomic mass is 16.6. The van der Waals surface area contributed by atoms with Crippen molar-refractivity contribution < 1.29 is 9.72 Å². The Hall–Kier alpha value is -3.41. The summed E-state index contributed by atoms with van der Waals surface area (Å²) in [5.41, 5.74) is 3.88. The lowest BCUT2D eigenvalue weighted by molar-refractivity contribution is -0.384. The van der Waals surface area contributed by atoms with E-state index in [1.807, 2.05) is 38.2 Å². The summed E-state index contributed by atoms with van der Waals surface area (Å²) in [7, 11) is 0. The number of hydrogen-bond acceptors (Lipinski definition) is 3. The average molecular weight is 391 g/mol. The Morgan fingerprint density at radius 2 is 1.83 bits per heavy atom. The molecule has 0 bridgehead atoms. The summed E-state index contributed by atoms with van der Waals surface area (Å²) in [6.45, 7) is 7.21. The highest BCUT2D eigenvalue weighted by molar-refractivity contribution is 5.94. The Morgan fingerprint density at radius 1 is 1.10 bits per heavy atom. The number of aryl methyl sites for hydroxylation is 1. The fourth-order valence-corrected chi connectivity index (χ4v) is 3.31. The molecule has 0 N–H and O–H groups in total. The van der Waals surface area contributed by atoms with Gasteiger partial charge in [0.2, 0.25) is 0 Å². The van der Waals surface area contributed by atoms with Crippen LogP contribution in [0.4, 0.5) is 5.69 Å². The van der Waals surface area contributed by atoms with Crippen LogP contribution in [-0.2, 0) is 13.1 Å². The molecular formula is C23H25N3O3. The third-order valence-electron chi connectivity index (χ3n) is 4.90. The average Bonchev–Trinajstić information content (AvgIpc) is 3.12. The maximum atomic E-state index is 13.1. The molecule has 1 aromatic heterocycles. The van der Waals surface area contributed by atoms with E-state index in [0.717, 1.165) is 12.2 Å². The van der Waals surface area contributed by atoms with Gasteiger partial charge in [-0.3, -0.25) is 14.9 Å². The standard InChI is InChI=1S/C23H25N3O3/c1-17(2)25(23(27)20-9-11-21(12-10-20)26(28)29)16-22-8-5-13-24(22)15-19-7-4-6-18(3)14-19/h4-14,17H,15-16H2,1-3H3. The predicted octanol–water partition coefficient (Wildman–Crippen LogP) is 4.80. The van der Waals surface area contributed by atoms with Crippen molar-refractivity contribution in [1.82, 2.24) is 9.47 Å². The molecule has 0 fully saturated rings. The van der Waals surface area contributed by atoms with Crippen molar-refractivity contribution in [3.8, 4) is 0 Å². The van der Waals surface area contributed by atoms with Gasteiger partial charge in [0.05, 0.1) is 11.5 Å². The molecule has 3 aromatic rings. The third kappa shape index (κ3) is 4.90. The molecule has 0 spiro atoms. The number of nitrogens with zero attached hydrogens (tertiary/aromatic N) is 3. The number of hydrogen-bond donors (Lipinski definition) is 0. The first-order chi connectivity index (χ1) is 13.8. The monoisotopic (exact) mass is 391 g/mol. The number of carbonyl (C=O) groups is 1. The van der Waals surface area contributed by atoms with Crippen molar-refractivity contribution >= 4 is 11.6 Å². The molecule has 29 heavy (non-hydrogen) atoms. The number of amides is 1. The van der Waals surface area contributed by atoms with Crippen LogP contribution in [0.25, 0.3) is 0 Å². The van der Waals surface area contributed by atoms with Crippen molar-refractivity contribution in [3.05, 3.63) is 99.4 Å². The van der Waals surface area contributed by atoms with Crippen LogP contribution in [0, 0.1) is 17.0 Å². The van der Waals surface area contributed by atoms with E-state index in [1.54, 1.807) is 4.90 Å². The van der Waals surface area contributed by atoms with Gasteiger partial charge in [0.15, 0.2) is 0 Å². The fraction of sp³-hybridized carbons (Fsp3) is 0.261. The SMILES string of the molecule is Cc1cccc(Cn2cccc2CN(C(=O)c2ccc([N+](=O)[O-])cc2)C(C)C)c1. The van der Waals surface area contributed by atoms with E-state index in [2.05, 4.69) is 29.7 Å². The van der Waals surface area contributed by atoms with Gasteiger partial charge < -0.3 is 9.47 Å². The first-order valence-corrected chi connectivity index (χ1v) is 9.60. The van der Waals surface area contributed by atoms with Gasteiger partial charge in [-0.05, 0) is 50.6 Å². The molecule has 1 amide bonds. The van der Waals surface area contributed by atoms with Crippen molar-refractivity contribution in [2.45, 2.75) is 39.9 Å². The predicted molar refractivity (Wildman–Crippen MR) is 113 cm³/mol. The topological polar surface area (TPSA) is 68.4 Å². The summed E-state index contributed by atoms with van der Waals surface area (Å²) in [5, 5.41) is 10.9. The van der Waals surface area contributed by atoms with Crippen LogP contribution in [-0.4, -0.2) is 26.3 Å². The second kappa shape index (κ2) is 8.73. The molecule has 0 aliphatic carbocycles. The molecule has 0 aliphatic heterocycles. The Labute approximate surface area is 170 Å². The highest BCUT2D eigenvalue weighted by Crippen LogP contribution is 2.18. The summed E-state index contributed by atoms with van der Waals surface area (Å²) in [4.78, 5) is 25.2. The van der Waals surface area contributed by atoms with E-state index in [1.165, 1.54) is 35.4 Å². The molecule has 0 radical (unpaired) electrons. The quantitative estimate of drug-likeness (QED) is 0.429. The Morgan fingerprint density at radius 3 is 2.45 bits per heavy atom. The van der Waals surface area contributed by atoms with Crippen LogP contribution in [0.2, 0.25) is 0 Å². The van der Waals surface area contributed by atoms with Crippen molar-refractivity contribution in [1.29, 1.82) is 0 Å². The molecule has 1 heterocycles. The Bertz CT molecular complexity index is 1010. The second-order valence-electron chi connectivity index (χ2n) is 7.45. The first kappa shape index (κ1) is 20.3. The lowest BCUT2D eigenvalue weighted by Crippen LogP contribution is -2.37. The van der Waals surface area contributed by atoms with Crippen LogP contribution < -0.4 is 0 Å². The Balaban J connectivity index is 1.80. The largest absolute Gasteiger partial charge is 0.345 e. The van der Waals surface area contributed by atoms with Gasteiger partial charge in [0.1, 0.15) is 0 Å². The van der Waals surface area contributed by atoms with E-state index in [0.29, 0.717) is 12.1 Å². The number of non-ortho nitro benzene ring substituents is 1. The molecule has 0 atom stereocenters. The summed E-state index contributed by atoms with van der Waals surface area (Å²) in [6.07, 6.45) is 2.02. The lowest BCUT2D eigenvalue weighted by atomic mass is 10.1. The number of aromatic nitrogens is 1. The minimum Gasteiger partial charge on any atom is -0.345 e. The zero-order valence-electron chi connectivity index (χ0n) is 16.9. The van der Waals surface area contributed by atoms with Gasteiger partial charge in [-0.2, -0.15) is 0 Å². The lowest BCUT2D eigenvalue weighted by Gasteiger charge is -2.27. The van der Waals surface area contributed by atoms with Gasteiger partial charge in [-0.1, -0.05) is 29.8 Å². The normalized spacial score (nSPS) is 10.9. The summed E-state index contributed by atoms with van der Waals surface area (Å²) in [6, 6.07) is 18.1. The Kier molecular flexibility index (Phi) is 6.12. The molecular weight excluding hydrogens is 366 g/mol. The van der Waals surface area contributed by atoms with Crippen LogP contribution in [0.1, 0.15) is 41.0 Å². The molecule has 150 valence electrons. The number of nitro groups is 1. The third-order valence-corrected chi connectivity index (χ3v) is 4.90. The van der Waals surface area contributed by atoms with Gasteiger partial charge in [-0.25, -0.2) is 0 Å². The number of carbonyl (C=O) groups excluding carboxylic acids is 1. The summed E-state index contributed by atoms with van der Waals surface area (Å²) in [5.74, 6) is -0.141. The second-order valence-corrected chi connectivity index (χ2v) is 7.45. The van der Waals surface area contributed by atoms with E-state index in [4.69, 9.17) is 0 Å². The van der Waals surface area contributed by atoms with Crippen molar-refractivity contribution in [2.24, 2.45) is 0 Å². The molecule has 3 rings (SSSR count).